The van der Waals surface area contributed by atoms with Crippen LogP contribution in [-0.2, 0) is 10.0 Å². The van der Waals surface area contributed by atoms with Crippen LogP contribution in [0.25, 0.3) is 0 Å². The molecule has 0 heterocycles. The van der Waals surface area contributed by atoms with E-state index in [-0.39, 0.29) is 4.90 Å². The van der Waals surface area contributed by atoms with Crippen LogP contribution >= 0.6 is 0 Å². The van der Waals surface area contributed by atoms with Gasteiger partial charge in [0.25, 0.3) is 0 Å². The van der Waals surface area contributed by atoms with Gasteiger partial charge in [0.15, 0.2) is 0 Å². The van der Waals surface area contributed by atoms with E-state index in [4.69, 9.17) is 5.73 Å². The Labute approximate surface area is 121 Å². The van der Waals surface area contributed by atoms with Crippen molar-refractivity contribution < 1.29 is 8.42 Å². The fourth-order valence-electron chi connectivity index (χ4n) is 2.63. The zero-order valence-electron chi connectivity index (χ0n) is 11.9. The van der Waals surface area contributed by atoms with Crippen molar-refractivity contribution in [3.8, 4) is 0 Å². The average Bonchev–Trinajstić information content (AvgIpc) is 2.69. The van der Waals surface area contributed by atoms with Gasteiger partial charge in [0.2, 0.25) is 10.0 Å². The molecule has 0 atom stereocenters. The molecule has 0 aliphatic heterocycles. The van der Waals surface area contributed by atoms with Gasteiger partial charge in [-0.1, -0.05) is 25.7 Å². The highest BCUT2D eigenvalue weighted by Gasteiger charge is 2.20. The number of nitrogen functional groups attached to an aromatic ring is 1. The third-order valence-corrected chi connectivity index (χ3v) is 5.23. The summed E-state index contributed by atoms with van der Waals surface area (Å²) < 4.78 is 26.5. The van der Waals surface area contributed by atoms with Crippen LogP contribution < -0.4 is 15.8 Å². The zero-order chi connectivity index (χ0) is 14.6. The van der Waals surface area contributed by atoms with Crippen LogP contribution in [0.15, 0.2) is 23.1 Å². The highest BCUT2D eigenvalue weighted by molar-refractivity contribution is 7.89. The second kappa shape index (κ2) is 6.45. The molecule has 1 aromatic rings. The summed E-state index contributed by atoms with van der Waals surface area (Å²) >= 11 is 0. The minimum Gasteiger partial charge on any atom is -0.399 e. The van der Waals surface area contributed by atoms with Gasteiger partial charge < -0.3 is 11.1 Å². The molecule has 0 saturated heterocycles. The van der Waals surface area contributed by atoms with E-state index in [9.17, 15) is 8.42 Å². The molecule has 1 aliphatic carbocycles. The first-order chi connectivity index (χ1) is 9.53. The summed E-state index contributed by atoms with van der Waals surface area (Å²) in [7, 11) is -2.09. The van der Waals surface area contributed by atoms with Crippen molar-refractivity contribution in [1.29, 1.82) is 0 Å². The second-order valence-electron chi connectivity index (χ2n) is 5.30. The summed E-state index contributed by atoms with van der Waals surface area (Å²) in [6, 6.07) is 5.33. The number of anilines is 2. The van der Waals surface area contributed by atoms with Gasteiger partial charge in [-0.25, -0.2) is 13.1 Å². The van der Waals surface area contributed by atoms with E-state index in [2.05, 4.69) is 10.0 Å². The topological polar surface area (TPSA) is 84.2 Å². The number of hydrogen-bond donors (Lipinski definition) is 3. The van der Waals surface area contributed by atoms with Crippen molar-refractivity contribution in [2.75, 3.05) is 18.1 Å². The van der Waals surface area contributed by atoms with Crippen LogP contribution in [0.1, 0.15) is 38.5 Å². The summed E-state index contributed by atoms with van der Waals surface area (Å²) in [5, 5.41) is 3.38. The second-order valence-corrected chi connectivity index (χ2v) is 7.15. The maximum atomic E-state index is 12.1. The monoisotopic (exact) mass is 297 g/mol. The van der Waals surface area contributed by atoms with E-state index >= 15 is 0 Å². The number of nitrogens with one attached hydrogen (secondary N) is 2. The molecular weight excluding hydrogens is 274 g/mol. The lowest BCUT2D eigenvalue weighted by atomic mass is 10.1. The largest absolute Gasteiger partial charge is 0.399 e. The van der Waals surface area contributed by atoms with E-state index in [1.165, 1.54) is 38.8 Å². The minimum absolute atomic E-state index is 0.226. The third kappa shape index (κ3) is 3.64. The Bertz CT molecular complexity index is 550. The van der Waals surface area contributed by atoms with Crippen molar-refractivity contribution in [1.82, 2.24) is 4.72 Å². The fourth-order valence-corrected chi connectivity index (χ4v) is 3.56. The predicted octanol–water partition coefficient (Wildman–Crippen LogP) is 2.31. The molecule has 6 heteroatoms. The summed E-state index contributed by atoms with van der Waals surface area (Å²) in [5.41, 5.74) is 6.81. The highest BCUT2D eigenvalue weighted by atomic mass is 32.2. The summed E-state index contributed by atoms with van der Waals surface area (Å²) in [6.07, 6.45) is 7.09. The third-order valence-electron chi connectivity index (χ3n) is 3.78. The molecular formula is C14H23N3O2S. The van der Waals surface area contributed by atoms with Crippen LogP contribution in [0, 0.1) is 0 Å². The summed E-state index contributed by atoms with van der Waals surface area (Å²) in [5.74, 6) is 0. The van der Waals surface area contributed by atoms with Crippen molar-refractivity contribution in [3.05, 3.63) is 18.2 Å². The smallest absolute Gasteiger partial charge is 0.242 e. The van der Waals surface area contributed by atoms with E-state index < -0.39 is 10.0 Å². The van der Waals surface area contributed by atoms with Crippen molar-refractivity contribution in [3.63, 3.8) is 0 Å². The Morgan fingerprint density at radius 3 is 2.40 bits per heavy atom. The molecule has 1 aromatic carbocycles. The Morgan fingerprint density at radius 1 is 1.15 bits per heavy atom. The molecule has 5 nitrogen and oxygen atoms in total. The average molecular weight is 297 g/mol. The van der Waals surface area contributed by atoms with Gasteiger partial charge in [0, 0.05) is 11.7 Å². The normalized spacial score (nSPS) is 17.6. The van der Waals surface area contributed by atoms with Crippen LogP contribution in [0.5, 0.6) is 0 Å². The van der Waals surface area contributed by atoms with Gasteiger partial charge >= 0.3 is 0 Å². The van der Waals surface area contributed by atoms with E-state index in [1.54, 1.807) is 12.1 Å². The Hall–Kier alpha value is -1.27. The lowest BCUT2D eigenvalue weighted by Crippen LogP contribution is -2.24. The molecule has 112 valence electrons. The quantitative estimate of drug-likeness (QED) is 0.588. The van der Waals surface area contributed by atoms with Gasteiger partial charge in [-0.15, -0.1) is 0 Å². The molecule has 0 bridgehead atoms. The highest BCUT2D eigenvalue weighted by Crippen LogP contribution is 2.27. The van der Waals surface area contributed by atoms with E-state index in [1.807, 2.05) is 0 Å². The van der Waals surface area contributed by atoms with Crippen LogP contribution in [-0.4, -0.2) is 21.5 Å². The molecule has 2 rings (SSSR count). The number of rotatable bonds is 4. The Morgan fingerprint density at radius 2 is 1.80 bits per heavy atom. The number of nitrogens with two attached hydrogens (primary N) is 1. The summed E-state index contributed by atoms with van der Waals surface area (Å²) in [6.45, 7) is 0. The van der Waals surface area contributed by atoms with Gasteiger partial charge in [-0.3, -0.25) is 0 Å². The van der Waals surface area contributed by atoms with Gasteiger partial charge in [0.05, 0.1) is 5.69 Å². The lowest BCUT2D eigenvalue weighted by molar-refractivity contribution is 0.587. The molecule has 1 aliphatic rings. The number of sulfonamides is 1. The van der Waals surface area contributed by atoms with Gasteiger partial charge in [-0.05, 0) is 38.1 Å². The van der Waals surface area contributed by atoms with Crippen LogP contribution in [0.2, 0.25) is 0 Å². The molecule has 0 aromatic heterocycles. The van der Waals surface area contributed by atoms with Gasteiger partial charge in [-0.2, -0.15) is 0 Å². The molecule has 0 unspecified atom stereocenters. The fraction of sp³-hybridized carbons (Fsp3) is 0.571. The first-order valence-electron chi connectivity index (χ1n) is 7.12. The van der Waals surface area contributed by atoms with Gasteiger partial charge in [0.1, 0.15) is 4.90 Å². The molecule has 0 spiro atoms. The maximum Gasteiger partial charge on any atom is 0.242 e. The molecule has 20 heavy (non-hydrogen) atoms. The van der Waals surface area contributed by atoms with Crippen LogP contribution in [0.4, 0.5) is 11.4 Å². The molecule has 4 N–H and O–H groups in total. The number of benzene rings is 1. The summed E-state index contributed by atoms with van der Waals surface area (Å²) in [4.78, 5) is 0.226. The standard InChI is InChI=1S/C14H23N3O2S/c1-16-20(18,19)14-10-11(15)8-9-13(14)17-12-6-4-2-3-5-7-12/h8-10,12,16-17H,2-7,15H2,1H3. The van der Waals surface area contributed by atoms with Crippen molar-refractivity contribution >= 4 is 21.4 Å². The SMILES string of the molecule is CNS(=O)(=O)c1cc(N)ccc1NC1CCCCCC1. The minimum atomic E-state index is -3.50. The zero-order valence-corrected chi connectivity index (χ0v) is 12.7. The molecule has 0 amide bonds. The Kier molecular flexibility index (Phi) is 4.88. The Balaban J connectivity index is 2.26. The van der Waals surface area contributed by atoms with Crippen molar-refractivity contribution in [2.45, 2.75) is 49.5 Å². The first kappa shape index (κ1) is 15.1. The van der Waals surface area contributed by atoms with E-state index in [0.717, 1.165) is 12.8 Å². The lowest BCUT2D eigenvalue weighted by Gasteiger charge is -2.20. The van der Waals surface area contributed by atoms with Crippen LogP contribution in [0.3, 0.4) is 0 Å². The predicted molar refractivity (Wildman–Crippen MR) is 82.2 cm³/mol. The number of hydrogen-bond acceptors (Lipinski definition) is 4. The van der Waals surface area contributed by atoms with Crippen molar-refractivity contribution in [2.24, 2.45) is 0 Å². The molecule has 0 radical (unpaired) electrons. The molecule has 1 saturated carbocycles. The first-order valence-corrected chi connectivity index (χ1v) is 8.61. The molecule has 1 fully saturated rings. The maximum absolute atomic E-state index is 12.1. The van der Waals surface area contributed by atoms with E-state index in [0.29, 0.717) is 17.4 Å².